The first-order chi connectivity index (χ1) is 17.0. The molecule has 3 rings (SSSR count). The molecule has 0 bridgehead atoms. The highest BCUT2D eigenvalue weighted by molar-refractivity contribution is 5.96. The second-order valence-corrected chi connectivity index (χ2v) is 8.99. The number of aryl methyl sites for hydroxylation is 1. The molecule has 0 radical (unpaired) electrons. The maximum Gasteiger partial charge on any atom is 0.246 e. The summed E-state index contributed by atoms with van der Waals surface area (Å²) in [6.07, 6.45) is 4.77. The molecular formula is C28H38N6O. The monoisotopic (exact) mass is 474 g/mol. The van der Waals surface area contributed by atoms with Gasteiger partial charge in [0.05, 0.1) is 17.4 Å². The molecule has 0 aliphatic carbocycles. The van der Waals surface area contributed by atoms with Crippen molar-refractivity contribution in [3.05, 3.63) is 84.7 Å². The minimum Gasteiger partial charge on any atom is -0.376 e. The van der Waals surface area contributed by atoms with Gasteiger partial charge in [0.25, 0.3) is 0 Å². The van der Waals surface area contributed by atoms with Gasteiger partial charge >= 0.3 is 0 Å². The topological polar surface area (TPSA) is 109 Å². The molecule has 0 saturated carbocycles. The van der Waals surface area contributed by atoms with E-state index in [0.29, 0.717) is 24.4 Å². The molecule has 0 spiro atoms. The van der Waals surface area contributed by atoms with Crippen LogP contribution in [0.2, 0.25) is 0 Å². The van der Waals surface area contributed by atoms with Gasteiger partial charge in [0, 0.05) is 30.2 Å². The highest BCUT2D eigenvalue weighted by Gasteiger charge is 2.21. The molecule has 7 heteroatoms. The van der Waals surface area contributed by atoms with E-state index in [1.54, 1.807) is 6.20 Å². The second kappa shape index (κ2) is 13.6. The second-order valence-electron chi connectivity index (χ2n) is 8.99. The molecule has 0 aliphatic heterocycles. The Bertz CT molecular complexity index is 1090. The predicted molar refractivity (Wildman–Crippen MR) is 145 cm³/mol. The summed E-state index contributed by atoms with van der Waals surface area (Å²) in [6, 6.07) is 19.2. The van der Waals surface area contributed by atoms with E-state index < -0.39 is 6.04 Å². The molecule has 1 heterocycles. The number of aromatic nitrogens is 1. The van der Waals surface area contributed by atoms with Crippen LogP contribution < -0.4 is 22.1 Å². The van der Waals surface area contributed by atoms with E-state index >= 15 is 0 Å². The molecule has 186 valence electrons. The quantitative estimate of drug-likeness (QED) is 0.286. The van der Waals surface area contributed by atoms with Crippen molar-refractivity contribution in [2.75, 3.05) is 32.0 Å². The number of nitrogens with two attached hydrogens (primary N) is 2. The van der Waals surface area contributed by atoms with Gasteiger partial charge in [-0.05, 0) is 57.0 Å². The van der Waals surface area contributed by atoms with E-state index in [9.17, 15) is 4.79 Å². The highest BCUT2D eigenvalue weighted by atomic mass is 16.2. The lowest BCUT2D eigenvalue weighted by Gasteiger charge is -2.25. The largest absolute Gasteiger partial charge is 0.376 e. The average molecular weight is 475 g/mol. The van der Waals surface area contributed by atoms with Crippen LogP contribution in [0.25, 0.3) is 10.9 Å². The van der Waals surface area contributed by atoms with Crippen molar-refractivity contribution in [3.63, 3.8) is 0 Å². The third-order valence-electron chi connectivity index (χ3n) is 6.11. The molecule has 0 aliphatic rings. The van der Waals surface area contributed by atoms with Crippen molar-refractivity contribution in [1.29, 1.82) is 0 Å². The zero-order chi connectivity index (χ0) is 25.0. The maximum atomic E-state index is 13.3. The van der Waals surface area contributed by atoms with Gasteiger partial charge in [-0.2, -0.15) is 0 Å². The van der Waals surface area contributed by atoms with Gasteiger partial charge < -0.3 is 27.0 Å². The zero-order valence-electron chi connectivity index (χ0n) is 20.6. The van der Waals surface area contributed by atoms with Crippen LogP contribution in [0.15, 0.2) is 79.1 Å². The number of anilines is 1. The Morgan fingerprint density at radius 1 is 1.09 bits per heavy atom. The van der Waals surface area contributed by atoms with Crippen LogP contribution >= 0.6 is 0 Å². The molecule has 1 aromatic heterocycles. The number of nitrogens with zero attached hydrogens (tertiary/aromatic N) is 2. The number of hydrogen-bond acceptors (Lipinski definition) is 6. The molecule has 3 aromatic rings. The van der Waals surface area contributed by atoms with Gasteiger partial charge in [-0.15, -0.1) is 0 Å². The van der Waals surface area contributed by atoms with Gasteiger partial charge in [0.15, 0.2) is 0 Å². The predicted octanol–water partition coefficient (Wildman–Crippen LogP) is 3.28. The molecule has 7 nitrogen and oxygen atoms in total. The smallest absolute Gasteiger partial charge is 0.246 e. The molecule has 2 atom stereocenters. The van der Waals surface area contributed by atoms with Crippen LogP contribution in [0.3, 0.4) is 0 Å². The first-order valence-corrected chi connectivity index (χ1v) is 12.3. The van der Waals surface area contributed by atoms with Gasteiger partial charge in [0.2, 0.25) is 5.91 Å². The molecule has 0 saturated heterocycles. The Balaban J connectivity index is 1.63. The zero-order valence-corrected chi connectivity index (χ0v) is 20.6. The van der Waals surface area contributed by atoms with Crippen molar-refractivity contribution in [2.45, 2.75) is 37.8 Å². The standard InChI is InChI=1S/C28H38N6O/c1-21(25(30)12-8-17-34(2)18-16-29)32-27(15-14-22-9-4-3-5-10-22)28(35)33-24-19-23-11-6-7-13-26(23)31-20-24/h3-7,9-11,13,19-20,25,27,32H,1,8,12,14-18,29-30H2,2H3,(H,33,35)/t25-,27+/m0/s1. The summed E-state index contributed by atoms with van der Waals surface area (Å²) in [5, 5.41) is 7.32. The number of amides is 1. The molecular weight excluding hydrogens is 436 g/mol. The number of hydrogen-bond donors (Lipinski definition) is 4. The third-order valence-corrected chi connectivity index (χ3v) is 6.11. The first-order valence-electron chi connectivity index (χ1n) is 12.3. The van der Waals surface area contributed by atoms with Crippen molar-refractivity contribution < 1.29 is 4.79 Å². The molecule has 6 N–H and O–H groups in total. The number of fused-ring (bicyclic) bond motifs is 1. The minimum atomic E-state index is -0.472. The maximum absolute atomic E-state index is 13.3. The average Bonchev–Trinajstić information content (AvgIpc) is 2.87. The highest BCUT2D eigenvalue weighted by Crippen LogP contribution is 2.17. The number of carbonyl (C=O) groups excluding carboxylic acids is 1. The lowest BCUT2D eigenvalue weighted by atomic mass is 10.0. The van der Waals surface area contributed by atoms with Crippen LogP contribution in [0.4, 0.5) is 5.69 Å². The fourth-order valence-electron chi connectivity index (χ4n) is 4.01. The van der Waals surface area contributed by atoms with Crippen LogP contribution in [0.5, 0.6) is 0 Å². The fraction of sp³-hybridized carbons (Fsp3) is 0.357. The van der Waals surface area contributed by atoms with Gasteiger partial charge in [0.1, 0.15) is 6.04 Å². The Morgan fingerprint density at radius 3 is 2.60 bits per heavy atom. The van der Waals surface area contributed by atoms with E-state index in [1.165, 1.54) is 5.56 Å². The fourth-order valence-corrected chi connectivity index (χ4v) is 4.01. The van der Waals surface area contributed by atoms with Gasteiger partial charge in [-0.3, -0.25) is 9.78 Å². The third kappa shape index (κ3) is 8.47. The Labute approximate surface area is 208 Å². The summed E-state index contributed by atoms with van der Waals surface area (Å²) in [6.45, 7) is 6.58. The number of rotatable bonds is 14. The Kier molecular flexibility index (Phi) is 10.2. The molecule has 0 unspecified atom stereocenters. The van der Waals surface area contributed by atoms with Crippen LogP contribution in [0, 0.1) is 0 Å². The SMILES string of the molecule is C=C(N[C@H](CCc1ccccc1)C(=O)Nc1cnc2ccccc2c1)[C@@H](N)CCCN(C)CCN. The van der Waals surface area contributed by atoms with Crippen molar-refractivity contribution >= 4 is 22.5 Å². The van der Waals surface area contributed by atoms with Crippen LogP contribution in [0.1, 0.15) is 24.8 Å². The Morgan fingerprint density at radius 2 is 1.83 bits per heavy atom. The van der Waals surface area contributed by atoms with E-state index in [2.05, 4.69) is 46.3 Å². The number of carbonyl (C=O) groups is 1. The summed E-state index contributed by atoms with van der Waals surface area (Å²) in [7, 11) is 2.05. The number of likely N-dealkylation sites (N-methyl/N-ethyl adjacent to an activating group) is 1. The molecule has 1 amide bonds. The van der Waals surface area contributed by atoms with Crippen molar-refractivity contribution in [3.8, 4) is 0 Å². The van der Waals surface area contributed by atoms with Crippen molar-refractivity contribution in [2.24, 2.45) is 11.5 Å². The lowest BCUT2D eigenvalue weighted by molar-refractivity contribution is -0.118. The van der Waals surface area contributed by atoms with Crippen molar-refractivity contribution in [1.82, 2.24) is 15.2 Å². The summed E-state index contributed by atoms with van der Waals surface area (Å²) in [4.78, 5) is 19.9. The molecule has 35 heavy (non-hydrogen) atoms. The van der Waals surface area contributed by atoms with E-state index in [4.69, 9.17) is 11.5 Å². The van der Waals surface area contributed by atoms with E-state index in [-0.39, 0.29) is 11.9 Å². The number of benzene rings is 2. The van der Waals surface area contributed by atoms with Crippen LogP contribution in [-0.2, 0) is 11.2 Å². The number of pyridine rings is 1. The number of para-hydroxylation sites is 1. The molecule has 0 fully saturated rings. The first kappa shape index (κ1) is 26.3. The van der Waals surface area contributed by atoms with E-state index in [0.717, 1.165) is 43.3 Å². The van der Waals surface area contributed by atoms with Crippen LogP contribution in [-0.4, -0.2) is 54.6 Å². The van der Waals surface area contributed by atoms with Gasteiger partial charge in [-0.1, -0.05) is 55.1 Å². The van der Waals surface area contributed by atoms with E-state index in [1.807, 2.05) is 48.5 Å². The summed E-state index contributed by atoms with van der Waals surface area (Å²) in [5.41, 5.74) is 15.4. The number of nitrogens with one attached hydrogen (secondary N) is 2. The lowest BCUT2D eigenvalue weighted by Crippen LogP contribution is -2.44. The molecule has 2 aromatic carbocycles. The summed E-state index contributed by atoms with van der Waals surface area (Å²) < 4.78 is 0. The summed E-state index contributed by atoms with van der Waals surface area (Å²) in [5.74, 6) is -0.131. The Hall–Kier alpha value is -3.26. The minimum absolute atomic E-state index is 0.131. The van der Waals surface area contributed by atoms with Gasteiger partial charge in [-0.25, -0.2) is 0 Å². The normalized spacial score (nSPS) is 12.9. The summed E-state index contributed by atoms with van der Waals surface area (Å²) >= 11 is 0.